The van der Waals surface area contributed by atoms with Gasteiger partial charge in [-0.1, -0.05) is 0 Å². The van der Waals surface area contributed by atoms with E-state index in [1.165, 1.54) is 6.07 Å². The van der Waals surface area contributed by atoms with Crippen LogP contribution in [0.1, 0.15) is 18.6 Å². The molecule has 0 aliphatic carbocycles. The van der Waals surface area contributed by atoms with Gasteiger partial charge >= 0.3 is 0 Å². The lowest BCUT2D eigenvalue weighted by molar-refractivity contribution is 0.404. The maximum absolute atomic E-state index is 12.0. The molecule has 7 nitrogen and oxygen atoms in total. The predicted octanol–water partition coefficient (Wildman–Crippen LogP) is -0.145. The SMILES string of the molecule is CNCc1ccc(S(=O)(=O)NCC2CCCS2(=O)=O)o1. The number of sulfone groups is 1. The molecule has 9 heteroatoms. The van der Waals surface area contributed by atoms with Crippen LogP contribution in [-0.4, -0.2) is 41.4 Å². The molecule has 20 heavy (non-hydrogen) atoms. The maximum Gasteiger partial charge on any atom is 0.273 e. The molecule has 1 saturated heterocycles. The Kier molecular flexibility index (Phi) is 4.52. The first-order valence-corrected chi connectivity index (χ1v) is 9.49. The van der Waals surface area contributed by atoms with Gasteiger partial charge < -0.3 is 9.73 Å². The minimum absolute atomic E-state index is 0.104. The molecule has 1 aromatic rings. The van der Waals surface area contributed by atoms with E-state index < -0.39 is 25.1 Å². The molecule has 1 atom stereocenters. The Balaban J connectivity index is 2.03. The molecular formula is C11H18N2O5S2. The standard InChI is InChI=1S/C11H18N2O5S2/c1-12-7-9-4-5-11(18-9)20(16,17)13-8-10-3-2-6-19(10,14)15/h4-5,10,12-13H,2-3,6-8H2,1H3. The Morgan fingerprint density at radius 1 is 1.40 bits per heavy atom. The first-order valence-electron chi connectivity index (χ1n) is 6.30. The second kappa shape index (κ2) is 5.84. The van der Waals surface area contributed by atoms with Crippen molar-refractivity contribution in [2.45, 2.75) is 29.7 Å². The molecule has 2 rings (SSSR count). The van der Waals surface area contributed by atoms with Gasteiger partial charge in [-0.15, -0.1) is 0 Å². The summed E-state index contributed by atoms with van der Waals surface area (Å²) in [5, 5.41) is 2.02. The van der Waals surface area contributed by atoms with E-state index >= 15 is 0 Å². The summed E-state index contributed by atoms with van der Waals surface area (Å²) >= 11 is 0. The van der Waals surface area contributed by atoms with Crippen LogP contribution in [-0.2, 0) is 26.4 Å². The predicted molar refractivity (Wildman–Crippen MR) is 73.5 cm³/mol. The summed E-state index contributed by atoms with van der Waals surface area (Å²) in [5.74, 6) is 0.633. The second-order valence-electron chi connectivity index (χ2n) is 4.73. The third-order valence-electron chi connectivity index (χ3n) is 3.22. The van der Waals surface area contributed by atoms with Crippen molar-refractivity contribution in [2.75, 3.05) is 19.3 Å². The Labute approximate surface area is 118 Å². The van der Waals surface area contributed by atoms with Crippen LogP contribution in [0.2, 0.25) is 0 Å². The highest BCUT2D eigenvalue weighted by Crippen LogP contribution is 2.20. The third-order valence-corrected chi connectivity index (χ3v) is 6.79. The molecule has 1 aliphatic heterocycles. The van der Waals surface area contributed by atoms with Crippen LogP contribution in [0.4, 0.5) is 0 Å². The Bertz CT molecular complexity index is 663. The van der Waals surface area contributed by atoms with Gasteiger partial charge in [-0.25, -0.2) is 21.6 Å². The van der Waals surface area contributed by atoms with Crippen molar-refractivity contribution >= 4 is 19.9 Å². The number of hydrogen-bond donors (Lipinski definition) is 2. The molecular weight excluding hydrogens is 304 g/mol. The van der Waals surface area contributed by atoms with Gasteiger partial charge in [0, 0.05) is 6.54 Å². The zero-order chi connectivity index (χ0) is 14.8. The molecule has 2 heterocycles. The molecule has 0 amide bonds. The smallest absolute Gasteiger partial charge is 0.273 e. The fourth-order valence-corrected chi connectivity index (χ4v) is 5.03. The van der Waals surface area contributed by atoms with Gasteiger partial charge in [0.25, 0.3) is 10.0 Å². The van der Waals surface area contributed by atoms with E-state index in [9.17, 15) is 16.8 Å². The highest BCUT2D eigenvalue weighted by atomic mass is 32.2. The molecule has 1 aliphatic rings. The lowest BCUT2D eigenvalue weighted by Crippen LogP contribution is -2.34. The van der Waals surface area contributed by atoms with Crippen LogP contribution >= 0.6 is 0 Å². The van der Waals surface area contributed by atoms with E-state index in [2.05, 4.69) is 10.0 Å². The van der Waals surface area contributed by atoms with Crippen molar-refractivity contribution in [1.29, 1.82) is 0 Å². The fraction of sp³-hybridized carbons (Fsp3) is 0.636. The number of hydrogen-bond acceptors (Lipinski definition) is 6. The minimum atomic E-state index is -3.80. The van der Waals surface area contributed by atoms with Crippen LogP contribution in [0.15, 0.2) is 21.6 Å². The van der Waals surface area contributed by atoms with Gasteiger partial charge in [-0.05, 0) is 32.0 Å². The molecule has 1 fully saturated rings. The van der Waals surface area contributed by atoms with E-state index in [1.54, 1.807) is 13.1 Å². The Hall–Kier alpha value is -0.900. The maximum atomic E-state index is 12.0. The van der Waals surface area contributed by atoms with Gasteiger partial charge in [-0.2, -0.15) is 0 Å². The molecule has 0 saturated carbocycles. The highest BCUT2D eigenvalue weighted by Gasteiger charge is 2.32. The third kappa shape index (κ3) is 3.40. The van der Waals surface area contributed by atoms with Crippen LogP contribution in [0, 0.1) is 0 Å². The van der Waals surface area contributed by atoms with Crippen LogP contribution in [0.3, 0.4) is 0 Å². The molecule has 0 bridgehead atoms. The monoisotopic (exact) mass is 322 g/mol. The topological polar surface area (TPSA) is 105 Å². The second-order valence-corrected chi connectivity index (χ2v) is 8.83. The molecule has 2 N–H and O–H groups in total. The van der Waals surface area contributed by atoms with Crippen molar-refractivity contribution in [3.63, 3.8) is 0 Å². The summed E-state index contributed by atoms with van der Waals surface area (Å²) in [7, 11) is -5.24. The van der Waals surface area contributed by atoms with Gasteiger partial charge in [0.2, 0.25) is 5.09 Å². The summed E-state index contributed by atoms with van der Waals surface area (Å²) in [6, 6.07) is 2.93. The van der Waals surface area contributed by atoms with Gasteiger partial charge in [0.1, 0.15) is 5.76 Å². The molecule has 1 aromatic heterocycles. The molecule has 0 radical (unpaired) electrons. The first kappa shape index (κ1) is 15.5. The number of rotatable bonds is 6. The lowest BCUT2D eigenvalue weighted by Gasteiger charge is -2.09. The average Bonchev–Trinajstić information content (AvgIpc) is 2.94. The zero-order valence-electron chi connectivity index (χ0n) is 11.1. The van der Waals surface area contributed by atoms with Crippen LogP contribution < -0.4 is 10.0 Å². The minimum Gasteiger partial charge on any atom is -0.447 e. The summed E-state index contributed by atoms with van der Waals surface area (Å²) in [4.78, 5) is 0. The van der Waals surface area contributed by atoms with Crippen LogP contribution in [0.25, 0.3) is 0 Å². The quantitative estimate of drug-likeness (QED) is 0.755. The van der Waals surface area contributed by atoms with Crippen LogP contribution in [0.5, 0.6) is 0 Å². The van der Waals surface area contributed by atoms with Gasteiger partial charge in [-0.3, -0.25) is 0 Å². The Morgan fingerprint density at radius 3 is 2.75 bits per heavy atom. The summed E-state index contributed by atoms with van der Waals surface area (Å²) in [6.45, 7) is 0.319. The van der Waals surface area contributed by atoms with E-state index in [1.807, 2.05) is 0 Å². The molecule has 0 spiro atoms. The lowest BCUT2D eigenvalue weighted by atomic mass is 10.2. The van der Waals surface area contributed by atoms with Crippen molar-refractivity contribution in [3.8, 4) is 0 Å². The average molecular weight is 322 g/mol. The van der Waals surface area contributed by atoms with Crippen molar-refractivity contribution < 1.29 is 21.3 Å². The number of sulfonamides is 1. The largest absolute Gasteiger partial charge is 0.447 e. The molecule has 1 unspecified atom stereocenters. The van der Waals surface area contributed by atoms with Crippen molar-refractivity contribution in [1.82, 2.24) is 10.0 Å². The zero-order valence-corrected chi connectivity index (χ0v) is 12.8. The first-order chi connectivity index (χ1) is 9.35. The fourth-order valence-electron chi connectivity index (χ4n) is 2.13. The molecule has 0 aromatic carbocycles. The highest BCUT2D eigenvalue weighted by molar-refractivity contribution is 7.92. The number of nitrogens with one attached hydrogen (secondary N) is 2. The van der Waals surface area contributed by atoms with Crippen molar-refractivity contribution in [3.05, 3.63) is 17.9 Å². The van der Waals surface area contributed by atoms with E-state index in [0.29, 0.717) is 25.1 Å². The van der Waals surface area contributed by atoms with Crippen molar-refractivity contribution in [2.24, 2.45) is 0 Å². The number of furan rings is 1. The van der Waals surface area contributed by atoms with E-state index in [4.69, 9.17) is 4.42 Å². The molecule has 114 valence electrons. The summed E-state index contributed by atoms with van der Waals surface area (Å²) in [5.41, 5.74) is 0. The van der Waals surface area contributed by atoms with Gasteiger partial charge in [0.15, 0.2) is 9.84 Å². The summed E-state index contributed by atoms with van der Waals surface area (Å²) in [6.07, 6.45) is 1.08. The van der Waals surface area contributed by atoms with Gasteiger partial charge in [0.05, 0.1) is 17.5 Å². The Morgan fingerprint density at radius 2 is 2.15 bits per heavy atom. The summed E-state index contributed by atoms with van der Waals surface area (Å²) < 4.78 is 54.8. The normalized spacial score (nSPS) is 22.1. The van der Waals surface area contributed by atoms with E-state index in [0.717, 1.165) is 0 Å². The van der Waals surface area contributed by atoms with E-state index in [-0.39, 0.29) is 17.4 Å².